The highest BCUT2D eigenvalue weighted by atomic mass is 16.6. The Hall–Kier alpha value is -3.88. The number of alkyl carbamates (subject to hydrolysis) is 1. The number of rotatable bonds is 17. The standard InChI is InChI=1S/C40H61N3O6/c1-11-12-13-14-15-19-25-43(36(45)33(28(2)3)42-38(47)49-40(8,9)10)34(31-24-20-21-29(4)26-31)35(44)41-32(37(46)48-39(5,6)7)27-30-22-17-16-18-23-30/h16-18,20-24,26,28,32-34H,11-15,19,25,27H2,1-10H3,(H,41,44)(H,42,47). The summed E-state index contributed by atoms with van der Waals surface area (Å²) in [5.41, 5.74) is 0.852. The Labute approximate surface area is 294 Å². The van der Waals surface area contributed by atoms with Gasteiger partial charge >= 0.3 is 12.1 Å². The molecule has 0 aliphatic carbocycles. The van der Waals surface area contributed by atoms with Crippen molar-refractivity contribution < 1.29 is 28.7 Å². The molecule has 0 heterocycles. The molecule has 0 saturated heterocycles. The second-order valence-corrected chi connectivity index (χ2v) is 15.3. The molecule has 9 heteroatoms. The van der Waals surface area contributed by atoms with Gasteiger partial charge in [-0.1, -0.05) is 113 Å². The van der Waals surface area contributed by atoms with Gasteiger partial charge in [-0.2, -0.15) is 0 Å². The third-order valence-electron chi connectivity index (χ3n) is 7.85. The number of hydrogen-bond donors (Lipinski definition) is 2. The molecule has 0 aromatic heterocycles. The summed E-state index contributed by atoms with van der Waals surface area (Å²) in [6.45, 7) is 18.7. The average molecular weight is 680 g/mol. The maximum atomic E-state index is 14.6. The molecule has 0 fully saturated rings. The number of aryl methyl sites for hydroxylation is 1. The molecule has 3 amide bonds. The Morgan fingerprint density at radius 2 is 1.39 bits per heavy atom. The van der Waals surface area contributed by atoms with Crippen molar-refractivity contribution in [3.8, 4) is 0 Å². The lowest BCUT2D eigenvalue weighted by molar-refractivity contribution is -0.159. The SMILES string of the molecule is CCCCCCCCN(C(=O)C(NC(=O)OC(C)(C)C)C(C)C)C(C(=O)NC(Cc1ccccc1)C(=O)OC(C)(C)C)c1cccc(C)c1. The number of nitrogens with zero attached hydrogens (tertiary/aromatic N) is 1. The molecular formula is C40H61N3O6. The lowest BCUT2D eigenvalue weighted by Crippen LogP contribution is -2.56. The number of amides is 3. The summed E-state index contributed by atoms with van der Waals surface area (Å²) < 4.78 is 11.3. The molecule has 2 aromatic carbocycles. The fourth-order valence-corrected chi connectivity index (χ4v) is 5.54. The zero-order valence-corrected chi connectivity index (χ0v) is 31.6. The van der Waals surface area contributed by atoms with Crippen LogP contribution in [0, 0.1) is 12.8 Å². The third-order valence-corrected chi connectivity index (χ3v) is 7.85. The van der Waals surface area contributed by atoms with E-state index in [2.05, 4.69) is 17.6 Å². The van der Waals surface area contributed by atoms with Crippen molar-refractivity contribution in [3.05, 3.63) is 71.3 Å². The van der Waals surface area contributed by atoms with Crippen LogP contribution in [0.4, 0.5) is 4.79 Å². The summed E-state index contributed by atoms with van der Waals surface area (Å²) in [7, 11) is 0. The van der Waals surface area contributed by atoms with Crippen LogP contribution in [0.2, 0.25) is 0 Å². The molecule has 0 aliphatic rings. The van der Waals surface area contributed by atoms with Crippen LogP contribution in [0.5, 0.6) is 0 Å². The maximum Gasteiger partial charge on any atom is 0.408 e. The van der Waals surface area contributed by atoms with Gasteiger partial charge in [0.2, 0.25) is 11.8 Å². The molecule has 3 atom stereocenters. The zero-order chi connectivity index (χ0) is 36.8. The summed E-state index contributed by atoms with van der Waals surface area (Å²) in [4.78, 5) is 57.4. The fourth-order valence-electron chi connectivity index (χ4n) is 5.54. The van der Waals surface area contributed by atoms with Gasteiger partial charge in [0.15, 0.2) is 0 Å². The maximum absolute atomic E-state index is 14.6. The lowest BCUT2D eigenvalue weighted by Gasteiger charge is -2.36. The number of unbranched alkanes of at least 4 members (excludes halogenated alkanes) is 5. The highest BCUT2D eigenvalue weighted by Gasteiger charge is 2.39. The van der Waals surface area contributed by atoms with E-state index in [1.165, 1.54) is 0 Å². The van der Waals surface area contributed by atoms with E-state index in [0.717, 1.165) is 43.2 Å². The molecular weight excluding hydrogens is 618 g/mol. The monoisotopic (exact) mass is 679 g/mol. The minimum absolute atomic E-state index is 0.211. The number of benzene rings is 2. The van der Waals surface area contributed by atoms with E-state index in [0.29, 0.717) is 12.0 Å². The van der Waals surface area contributed by atoms with E-state index >= 15 is 0 Å². The summed E-state index contributed by atoms with van der Waals surface area (Å²) >= 11 is 0. The van der Waals surface area contributed by atoms with Crippen molar-refractivity contribution in [2.45, 2.75) is 144 Å². The van der Waals surface area contributed by atoms with Gasteiger partial charge in [0.05, 0.1) is 0 Å². The smallest absolute Gasteiger partial charge is 0.408 e. The Balaban J connectivity index is 2.60. The molecule has 0 aliphatic heterocycles. The number of hydrogen-bond acceptors (Lipinski definition) is 6. The fraction of sp³-hybridized carbons (Fsp3) is 0.600. The van der Waals surface area contributed by atoms with Crippen LogP contribution in [0.25, 0.3) is 0 Å². The first-order chi connectivity index (χ1) is 22.9. The van der Waals surface area contributed by atoms with E-state index < -0.39 is 53.2 Å². The van der Waals surface area contributed by atoms with Crippen molar-refractivity contribution >= 4 is 23.9 Å². The third kappa shape index (κ3) is 15.0. The number of esters is 1. The number of nitrogens with one attached hydrogen (secondary N) is 2. The molecule has 2 N–H and O–H groups in total. The molecule has 3 unspecified atom stereocenters. The van der Waals surface area contributed by atoms with Crippen molar-refractivity contribution in [3.63, 3.8) is 0 Å². The van der Waals surface area contributed by atoms with Crippen LogP contribution in [-0.2, 0) is 30.3 Å². The van der Waals surface area contributed by atoms with Crippen molar-refractivity contribution in [2.75, 3.05) is 6.54 Å². The Morgan fingerprint density at radius 1 is 0.776 bits per heavy atom. The Morgan fingerprint density at radius 3 is 1.96 bits per heavy atom. The quantitative estimate of drug-likeness (QED) is 0.130. The van der Waals surface area contributed by atoms with Crippen molar-refractivity contribution in [1.29, 1.82) is 0 Å². The molecule has 2 rings (SSSR count). The molecule has 272 valence electrons. The number of carbonyl (C=O) groups excluding carboxylic acids is 4. The summed E-state index contributed by atoms with van der Waals surface area (Å²) in [5, 5.41) is 5.77. The van der Waals surface area contributed by atoms with Crippen LogP contribution in [-0.4, -0.2) is 58.6 Å². The molecule has 9 nitrogen and oxygen atoms in total. The van der Waals surface area contributed by atoms with E-state index in [9.17, 15) is 19.2 Å². The Kier molecular flexibility index (Phi) is 16.3. The highest BCUT2D eigenvalue weighted by Crippen LogP contribution is 2.26. The molecule has 0 spiro atoms. The first-order valence-electron chi connectivity index (χ1n) is 17.9. The second-order valence-electron chi connectivity index (χ2n) is 15.3. The number of ether oxygens (including phenoxy) is 2. The first-order valence-corrected chi connectivity index (χ1v) is 17.9. The first kappa shape index (κ1) is 41.3. The molecule has 49 heavy (non-hydrogen) atoms. The Bertz CT molecular complexity index is 1350. The zero-order valence-electron chi connectivity index (χ0n) is 31.6. The van der Waals surface area contributed by atoms with E-state index in [1.807, 2.05) is 75.4 Å². The van der Waals surface area contributed by atoms with Gasteiger partial charge in [0.25, 0.3) is 0 Å². The van der Waals surface area contributed by atoms with Crippen LogP contribution in [0.15, 0.2) is 54.6 Å². The lowest BCUT2D eigenvalue weighted by atomic mass is 9.96. The van der Waals surface area contributed by atoms with Gasteiger partial charge in [-0.3, -0.25) is 9.59 Å². The minimum atomic E-state index is -1.08. The van der Waals surface area contributed by atoms with Crippen molar-refractivity contribution in [1.82, 2.24) is 15.5 Å². The van der Waals surface area contributed by atoms with Gasteiger partial charge in [-0.15, -0.1) is 0 Å². The van der Waals surface area contributed by atoms with Gasteiger partial charge in [-0.25, -0.2) is 9.59 Å². The van der Waals surface area contributed by atoms with Gasteiger partial charge in [0, 0.05) is 13.0 Å². The normalized spacial score (nSPS) is 13.6. The van der Waals surface area contributed by atoms with Crippen LogP contribution >= 0.6 is 0 Å². The van der Waals surface area contributed by atoms with Gasteiger partial charge in [0.1, 0.15) is 29.3 Å². The summed E-state index contributed by atoms with van der Waals surface area (Å²) in [6, 6.07) is 13.9. The van der Waals surface area contributed by atoms with E-state index in [1.54, 1.807) is 46.4 Å². The average Bonchev–Trinajstić information content (AvgIpc) is 2.99. The second kappa shape index (κ2) is 19.3. The molecule has 0 radical (unpaired) electrons. The van der Waals surface area contributed by atoms with Gasteiger partial charge in [-0.05, 0) is 71.9 Å². The molecule has 0 saturated carbocycles. The van der Waals surface area contributed by atoms with E-state index in [-0.39, 0.29) is 18.9 Å². The topological polar surface area (TPSA) is 114 Å². The predicted molar refractivity (Wildman–Crippen MR) is 195 cm³/mol. The van der Waals surface area contributed by atoms with E-state index in [4.69, 9.17) is 9.47 Å². The summed E-state index contributed by atoms with van der Waals surface area (Å²) in [6.07, 6.45) is 5.42. The molecule has 2 aromatic rings. The van der Waals surface area contributed by atoms with Crippen molar-refractivity contribution in [2.24, 2.45) is 5.92 Å². The minimum Gasteiger partial charge on any atom is -0.458 e. The van der Waals surface area contributed by atoms with Crippen LogP contribution in [0.3, 0.4) is 0 Å². The number of carbonyl (C=O) groups is 4. The predicted octanol–water partition coefficient (Wildman–Crippen LogP) is 7.84. The largest absolute Gasteiger partial charge is 0.458 e. The van der Waals surface area contributed by atoms with Crippen LogP contribution < -0.4 is 10.6 Å². The van der Waals surface area contributed by atoms with Gasteiger partial charge < -0.3 is 25.0 Å². The molecule has 0 bridgehead atoms. The highest BCUT2D eigenvalue weighted by molar-refractivity contribution is 5.94. The summed E-state index contributed by atoms with van der Waals surface area (Å²) in [5.74, 6) is -1.77. The van der Waals surface area contributed by atoms with Crippen LogP contribution in [0.1, 0.15) is 124 Å².